The maximum absolute atomic E-state index is 13.2. The van der Waals surface area contributed by atoms with E-state index >= 15 is 0 Å². The van der Waals surface area contributed by atoms with Crippen LogP contribution in [0.25, 0.3) is 38.8 Å². The highest BCUT2D eigenvalue weighted by molar-refractivity contribution is 5.98. The van der Waals surface area contributed by atoms with Crippen molar-refractivity contribution in [3.8, 4) is 23.0 Å². The van der Waals surface area contributed by atoms with E-state index in [0.29, 0.717) is 11.7 Å². The molecule has 0 aliphatic heterocycles. The predicted molar refractivity (Wildman–Crippen MR) is 136 cm³/mol. The van der Waals surface area contributed by atoms with Gasteiger partial charge in [-0.1, -0.05) is 50.2 Å². The van der Waals surface area contributed by atoms with Gasteiger partial charge in [0.1, 0.15) is 11.8 Å². The van der Waals surface area contributed by atoms with Crippen molar-refractivity contribution in [3.63, 3.8) is 0 Å². The molecular weight excluding hydrogens is 424 g/mol. The van der Waals surface area contributed by atoms with E-state index in [9.17, 15) is 10.1 Å². The number of aryl methyl sites for hydroxylation is 2. The normalized spacial score (nSPS) is 11.6. The molecule has 0 saturated heterocycles. The highest BCUT2D eigenvalue weighted by Crippen LogP contribution is 2.35. The Kier molecular flexibility index (Phi) is 5.60. The van der Waals surface area contributed by atoms with Crippen molar-refractivity contribution in [2.24, 2.45) is 7.05 Å². The highest BCUT2D eigenvalue weighted by atomic mass is 16.1. The van der Waals surface area contributed by atoms with E-state index in [1.807, 2.05) is 54.2 Å². The molecule has 0 atom stereocenters. The number of fused-ring (bicyclic) bond motifs is 2. The lowest BCUT2D eigenvalue weighted by Gasteiger charge is -2.09. The molecule has 34 heavy (non-hydrogen) atoms. The second-order valence-corrected chi connectivity index (χ2v) is 8.96. The molecule has 7 nitrogen and oxygen atoms in total. The van der Waals surface area contributed by atoms with Crippen molar-refractivity contribution in [1.82, 2.24) is 24.0 Å². The van der Waals surface area contributed by atoms with Crippen molar-refractivity contribution in [1.29, 1.82) is 5.26 Å². The number of nitrogens with one attached hydrogen (secondary N) is 2. The summed E-state index contributed by atoms with van der Waals surface area (Å²) in [5, 5.41) is 15.4. The Morgan fingerprint density at radius 2 is 1.74 bits per heavy atom. The van der Waals surface area contributed by atoms with Crippen LogP contribution in [0, 0.1) is 11.3 Å². The predicted octanol–water partition coefficient (Wildman–Crippen LogP) is 4.54. The number of nitriles is 1. The van der Waals surface area contributed by atoms with Gasteiger partial charge in [0.2, 0.25) is 0 Å². The molecule has 172 valence electrons. The first kappa shape index (κ1) is 21.8. The fourth-order valence-electron chi connectivity index (χ4n) is 4.76. The number of para-hydroxylation sites is 2. The minimum Gasteiger partial charge on any atom is -0.348 e. The molecule has 0 amide bonds. The Morgan fingerprint density at radius 1 is 1.03 bits per heavy atom. The van der Waals surface area contributed by atoms with E-state index in [2.05, 4.69) is 53.1 Å². The second kappa shape index (κ2) is 8.73. The third-order valence-electron chi connectivity index (χ3n) is 6.30. The van der Waals surface area contributed by atoms with Crippen molar-refractivity contribution in [2.45, 2.75) is 32.9 Å². The van der Waals surface area contributed by atoms with Gasteiger partial charge in [0, 0.05) is 59.4 Å². The molecule has 0 aliphatic rings. The quantitative estimate of drug-likeness (QED) is 0.356. The number of hydrogen-bond donors (Lipinski definition) is 2. The zero-order valence-electron chi connectivity index (χ0n) is 19.7. The van der Waals surface area contributed by atoms with Crippen molar-refractivity contribution >= 4 is 21.8 Å². The van der Waals surface area contributed by atoms with Crippen LogP contribution in [0.1, 0.15) is 26.0 Å². The number of nitrogens with zero attached hydrogens (tertiary/aromatic N) is 4. The molecule has 0 spiro atoms. The summed E-state index contributed by atoms with van der Waals surface area (Å²) in [4.78, 5) is 16.0. The molecule has 0 bridgehead atoms. The molecule has 3 aromatic heterocycles. The molecular formula is C27H28N6O. The fraction of sp³-hybridized carbons (Fsp3) is 0.259. The first-order valence-corrected chi connectivity index (χ1v) is 11.6. The van der Waals surface area contributed by atoms with E-state index < -0.39 is 0 Å². The maximum atomic E-state index is 13.2. The summed E-state index contributed by atoms with van der Waals surface area (Å²) >= 11 is 0. The van der Waals surface area contributed by atoms with E-state index in [1.165, 1.54) is 0 Å². The molecule has 2 N–H and O–H groups in total. The Hall–Kier alpha value is -4.02. The third kappa shape index (κ3) is 3.62. The first-order valence-electron chi connectivity index (χ1n) is 11.6. The van der Waals surface area contributed by atoms with Crippen LogP contribution in [0.15, 0.2) is 65.7 Å². The zero-order chi connectivity index (χ0) is 23.8. The van der Waals surface area contributed by atoms with Gasteiger partial charge in [-0.25, -0.2) is 4.79 Å². The topological polar surface area (TPSA) is 83.5 Å². The minimum absolute atomic E-state index is 0.266. The summed E-state index contributed by atoms with van der Waals surface area (Å²) in [6, 6.07) is 18.8. The lowest BCUT2D eigenvalue weighted by Crippen LogP contribution is -2.24. The van der Waals surface area contributed by atoms with Gasteiger partial charge in [-0.05, 0) is 25.1 Å². The van der Waals surface area contributed by atoms with E-state index in [4.69, 9.17) is 0 Å². The third-order valence-corrected chi connectivity index (χ3v) is 6.30. The standard InChI is InChI=1S/C27H28N6O/c1-18(2)29-13-8-14-32-16-21(19-9-4-7-12-24(19)32)26-22(15-28)30-27(34)33(26)25-17-31(3)23-11-6-5-10-20(23)25/h4-7,9-12,16-18,29H,8,13-14H2,1-3H3,(H,30,34). The number of imidazole rings is 1. The molecule has 3 heterocycles. The molecule has 0 unspecified atom stereocenters. The van der Waals surface area contributed by atoms with E-state index in [1.54, 1.807) is 4.57 Å². The largest absolute Gasteiger partial charge is 0.348 e. The molecule has 2 aromatic carbocycles. The number of H-pyrrole nitrogens is 1. The lowest BCUT2D eigenvalue weighted by molar-refractivity contribution is 0.541. The van der Waals surface area contributed by atoms with Crippen LogP contribution in [-0.4, -0.2) is 31.3 Å². The Labute approximate surface area is 197 Å². The minimum atomic E-state index is -0.319. The maximum Gasteiger partial charge on any atom is 0.331 e. The van der Waals surface area contributed by atoms with Crippen LogP contribution in [0.3, 0.4) is 0 Å². The number of benzene rings is 2. The van der Waals surface area contributed by atoms with Gasteiger partial charge in [0.05, 0.1) is 11.4 Å². The molecule has 0 saturated carbocycles. The van der Waals surface area contributed by atoms with Gasteiger partial charge in [-0.2, -0.15) is 5.26 Å². The summed E-state index contributed by atoms with van der Waals surface area (Å²) in [5.41, 5.74) is 4.28. The van der Waals surface area contributed by atoms with Crippen LogP contribution >= 0.6 is 0 Å². The van der Waals surface area contributed by atoms with Crippen molar-refractivity contribution in [3.05, 3.63) is 77.1 Å². The summed E-state index contributed by atoms with van der Waals surface area (Å²) in [5.74, 6) is 0. The van der Waals surface area contributed by atoms with Gasteiger partial charge in [0.25, 0.3) is 0 Å². The zero-order valence-corrected chi connectivity index (χ0v) is 19.7. The van der Waals surface area contributed by atoms with Crippen LogP contribution in [0.5, 0.6) is 0 Å². The van der Waals surface area contributed by atoms with E-state index in [-0.39, 0.29) is 11.4 Å². The van der Waals surface area contributed by atoms with Crippen molar-refractivity contribution < 1.29 is 0 Å². The number of rotatable bonds is 7. The highest BCUT2D eigenvalue weighted by Gasteiger charge is 2.23. The summed E-state index contributed by atoms with van der Waals surface area (Å²) in [6.45, 7) is 6.05. The molecule has 5 aromatic rings. The fourth-order valence-corrected chi connectivity index (χ4v) is 4.76. The second-order valence-electron chi connectivity index (χ2n) is 8.96. The van der Waals surface area contributed by atoms with Crippen molar-refractivity contribution in [2.75, 3.05) is 6.54 Å². The van der Waals surface area contributed by atoms with E-state index in [0.717, 1.165) is 52.6 Å². The number of aromatic amines is 1. The first-order chi connectivity index (χ1) is 16.5. The summed E-state index contributed by atoms with van der Waals surface area (Å²) in [7, 11) is 1.96. The van der Waals surface area contributed by atoms with Crippen LogP contribution in [0.4, 0.5) is 0 Å². The lowest BCUT2D eigenvalue weighted by atomic mass is 10.1. The number of hydrogen-bond acceptors (Lipinski definition) is 3. The van der Waals surface area contributed by atoms with Crippen LogP contribution in [0.2, 0.25) is 0 Å². The smallest absolute Gasteiger partial charge is 0.331 e. The van der Waals surface area contributed by atoms with Gasteiger partial charge >= 0.3 is 5.69 Å². The Balaban J connectivity index is 1.70. The molecule has 7 heteroatoms. The molecule has 0 fully saturated rings. The average Bonchev–Trinajstić information content (AvgIpc) is 3.47. The SMILES string of the molecule is CC(C)NCCCn1cc(-c2c(C#N)[nH]c(=O)n2-c2cn(C)c3ccccc23)c2ccccc21. The number of aromatic nitrogens is 4. The van der Waals surface area contributed by atoms with Gasteiger partial charge < -0.3 is 14.5 Å². The molecule has 0 radical (unpaired) electrons. The van der Waals surface area contributed by atoms with Gasteiger partial charge in [0.15, 0.2) is 0 Å². The molecule has 0 aliphatic carbocycles. The van der Waals surface area contributed by atoms with Crippen LogP contribution < -0.4 is 11.0 Å². The molecule has 5 rings (SSSR count). The van der Waals surface area contributed by atoms with Crippen LogP contribution in [-0.2, 0) is 13.6 Å². The average molecular weight is 453 g/mol. The Morgan fingerprint density at radius 3 is 2.47 bits per heavy atom. The van der Waals surface area contributed by atoms with Gasteiger partial charge in [-0.15, -0.1) is 0 Å². The summed E-state index contributed by atoms with van der Waals surface area (Å²) in [6.07, 6.45) is 5.00. The Bertz CT molecular complexity index is 1590. The van der Waals surface area contributed by atoms with Gasteiger partial charge in [-0.3, -0.25) is 9.55 Å². The summed E-state index contributed by atoms with van der Waals surface area (Å²) < 4.78 is 5.87. The monoisotopic (exact) mass is 452 g/mol.